The van der Waals surface area contributed by atoms with Gasteiger partial charge in [-0.2, -0.15) is 0 Å². The fourth-order valence-corrected chi connectivity index (χ4v) is 3.04. The van der Waals surface area contributed by atoms with Gasteiger partial charge in [0.25, 0.3) is 5.91 Å². The van der Waals surface area contributed by atoms with E-state index in [1.54, 1.807) is 31.2 Å². The Hall–Kier alpha value is -2.54. The molecule has 0 saturated heterocycles. The van der Waals surface area contributed by atoms with E-state index in [1.807, 2.05) is 12.1 Å². The van der Waals surface area contributed by atoms with E-state index in [-0.39, 0.29) is 5.91 Å². The Balaban J connectivity index is 1.71. The first kappa shape index (κ1) is 15.4. The standard InChI is InChI=1S/C16H15NO5S/c1-9-14(22-11-6-4-3-5-10(11)21-9)15(18)17-13-8-7-12(23-13)16(19)20-2/h3-9,14H,1-2H3,(H,17,18)/t9-,14-/m1/s1. The molecule has 2 aromatic rings. The van der Waals surface area contributed by atoms with Crippen LogP contribution >= 0.6 is 11.3 Å². The van der Waals surface area contributed by atoms with Crippen LogP contribution < -0.4 is 14.8 Å². The van der Waals surface area contributed by atoms with Gasteiger partial charge >= 0.3 is 5.97 Å². The maximum absolute atomic E-state index is 12.4. The predicted octanol–water partition coefficient (Wildman–Crippen LogP) is 2.70. The minimum atomic E-state index is -0.770. The number of carbonyl (C=O) groups is 2. The number of esters is 1. The second kappa shape index (κ2) is 6.29. The smallest absolute Gasteiger partial charge is 0.348 e. The quantitative estimate of drug-likeness (QED) is 0.874. The number of benzene rings is 1. The molecule has 6 nitrogen and oxygen atoms in total. The average molecular weight is 333 g/mol. The molecule has 1 aliphatic heterocycles. The summed E-state index contributed by atoms with van der Waals surface area (Å²) in [5, 5.41) is 3.29. The highest BCUT2D eigenvalue weighted by molar-refractivity contribution is 7.18. The van der Waals surface area contributed by atoms with Crippen molar-refractivity contribution in [3.63, 3.8) is 0 Å². The molecule has 1 aromatic heterocycles. The number of hydrogen-bond acceptors (Lipinski definition) is 6. The van der Waals surface area contributed by atoms with Crippen LogP contribution in [0.1, 0.15) is 16.6 Å². The van der Waals surface area contributed by atoms with E-state index in [0.717, 1.165) is 11.3 Å². The molecule has 1 aromatic carbocycles. The molecule has 0 spiro atoms. The van der Waals surface area contributed by atoms with Crippen molar-refractivity contribution < 1.29 is 23.8 Å². The number of rotatable bonds is 3. The Kier molecular flexibility index (Phi) is 4.20. The molecule has 23 heavy (non-hydrogen) atoms. The van der Waals surface area contributed by atoms with Gasteiger partial charge in [0.15, 0.2) is 11.5 Å². The predicted molar refractivity (Wildman–Crippen MR) is 85.2 cm³/mol. The molecule has 120 valence electrons. The molecule has 0 saturated carbocycles. The Morgan fingerprint density at radius 1 is 1.13 bits per heavy atom. The number of nitrogens with one attached hydrogen (secondary N) is 1. The molecule has 7 heteroatoms. The molecule has 3 rings (SSSR count). The number of thiophene rings is 1. The second-order valence-electron chi connectivity index (χ2n) is 4.95. The molecule has 0 aliphatic carbocycles. The third-order valence-corrected chi connectivity index (χ3v) is 4.32. The Morgan fingerprint density at radius 3 is 2.52 bits per heavy atom. The molecular formula is C16H15NO5S. The zero-order valence-corrected chi connectivity index (χ0v) is 13.4. The number of hydrogen-bond donors (Lipinski definition) is 1. The molecule has 1 aliphatic rings. The van der Waals surface area contributed by atoms with E-state index >= 15 is 0 Å². The van der Waals surface area contributed by atoms with E-state index in [1.165, 1.54) is 7.11 Å². The van der Waals surface area contributed by atoms with Gasteiger partial charge in [-0.1, -0.05) is 12.1 Å². The number of anilines is 1. The monoisotopic (exact) mass is 333 g/mol. The van der Waals surface area contributed by atoms with Crippen LogP contribution in [-0.4, -0.2) is 31.2 Å². The lowest BCUT2D eigenvalue weighted by atomic mass is 10.1. The largest absolute Gasteiger partial charge is 0.482 e. The second-order valence-corrected chi connectivity index (χ2v) is 6.04. The van der Waals surface area contributed by atoms with Crippen LogP contribution in [0.15, 0.2) is 36.4 Å². The van der Waals surface area contributed by atoms with E-state index < -0.39 is 18.2 Å². The maximum atomic E-state index is 12.4. The number of methoxy groups -OCH3 is 1. The highest BCUT2D eigenvalue weighted by Crippen LogP contribution is 2.34. The van der Waals surface area contributed by atoms with Gasteiger partial charge in [-0.3, -0.25) is 4.79 Å². The number of ether oxygens (including phenoxy) is 3. The van der Waals surface area contributed by atoms with Crippen molar-refractivity contribution >= 4 is 28.2 Å². The molecule has 1 amide bonds. The van der Waals surface area contributed by atoms with Crippen molar-refractivity contribution in [2.75, 3.05) is 12.4 Å². The fraction of sp³-hybridized carbons (Fsp3) is 0.250. The van der Waals surface area contributed by atoms with Gasteiger partial charge in [-0.25, -0.2) is 4.79 Å². The van der Waals surface area contributed by atoms with E-state index in [9.17, 15) is 9.59 Å². The third-order valence-electron chi connectivity index (χ3n) is 3.34. The minimum absolute atomic E-state index is 0.328. The molecule has 2 heterocycles. The normalized spacial score (nSPS) is 19.0. The van der Waals surface area contributed by atoms with Crippen LogP contribution in [0.25, 0.3) is 0 Å². The van der Waals surface area contributed by atoms with Crippen LogP contribution in [0.2, 0.25) is 0 Å². The van der Waals surface area contributed by atoms with E-state index in [0.29, 0.717) is 21.4 Å². The highest BCUT2D eigenvalue weighted by atomic mass is 32.1. The number of amides is 1. The Labute approximate surface area is 137 Å². The summed E-state index contributed by atoms with van der Waals surface area (Å²) in [5.74, 6) is 0.389. The minimum Gasteiger partial charge on any atom is -0.482 e. The summed E-state index contributed by atoms with van der Waals surface area (Å²) in [5.41, 5.74) is 0. The molecule has 0 fully saturated rings. The summed E-state index contributed by atoms with van der Waals surface area (Å²) in [6, 6.07) is 10.5. The summed E-state index contributed by atoms with van der Waals surface area (Å²) in [4.78, 5) is 24.3. The lowest BCUT2D eigenvalue weighted by Gasteiger charge is -2.30. The first-order valence-electron chi connectivity index (χ1n) is 7.00. The van der Waals surface area contributed by atoms with Crippen LogP contribution in [0, 0.1) is 0 Å². The van der Waals surface area contributed by atoms with Crippen LogP contribution in [0.4, 0.5) is 5.00 Å². The summed E-state index contributed by atoms with van der Waals surface area (Å²) in [7, 11) is 1.31. The zero-order valence-electron chi connectivity index (χ0n) is 12.6. The first-order valence-corrected chi connectivity index (χ1v) is 7.81. The Bertz CT molecular complexity index is 742. The van der Waals surface area contributed by atoms with Crippen molar-refractivity contribution in [2.45, 2.75) is 19.1 Å². The zero-order chi connectivity index (χ0) is 16.4. The van der Waals surface area contributed by atoms with Crippen molar-refractivity contribution in [2.24, 2.45) is 0 Å². The van der Waals surface area contributed by atoms with Gasteiger partial charge in [0, 0.05) is 0 Å². The van der Waals surface area contributed by atoms with Gasteiger partial charge in [0.1, 0.15) is 11.0 Å². The van der Waals surface area contributed by atoms with Gasteiger partial charge in [-0.05, 0) is 31.2 Å². The molecule has 2 atom stereocenters. The van der Waals surface area contributed by atoms with Gasteiger partial charge in [0.05, 0.1) is 12.1 Å². The van der Waals surface area contributed by atoms with Gasteiger partial charge in [-0.15, -0.1) is 11.3 Å². The van der Waals surface area contributed by atoms with Crippen LogP contribution in [-0.2, 0) is 9.53 Å². The van der Waals surface area contributed by atoms with Crippen LogP contribution in [0.3, 0.4) is 0 Å². The highest BCUT2D eigenvalue weighted by Gasteiger charge is 2.34. The van der Waals surface area contributed by atoms with Crippen molar-refractivity contribution in [3.8, 4) is 11.5 Å². The van der Waals surface area contributed by atoms with Gasteiger partial charge in [0.2, 0.25) is 6.10 Å². The molecule has 1 N–H and O–H groups in total. The summed E-state index contributed by atoms with van der Waals surface area (Å²) < 4.78 is 16.1. The lowest BCUT2D eigenvalue weighted by Crippen LogP contribution is -2.46. The number of carbonyl (C=O) groups excluding carboxylic acids is 2. The van der Waals surface area contributed by atoms with Crippen molar-refractivity contribution in [1.29, 1.82) is 0 Å². The summed E-state index contributed by atoms with van der Waals surface area (Å²) in [6.45, 7) is 1.77. The van der Waals surface area contributed by atoms with Crippen molar-refractivity contribution in [3.05, 3.63) is 41.3 Å². The number of fused-ring (bicyclic) bond motifs is 1. The van der Waals surface area contributed by atoms with E-state index in [2.05, 4.69) is 10.1 Å². The molecule has 0 bridgehead atoms. The third kappa shape index (κ3) is 3.14. The van der Waals surface area contributed by atoms with Crippen molar-refractivity contribution in [1.82, 2.24) is 0 Å². The topological polar surface area (TPSA) is 73.9 Å². The summed E-state index contributed by atoms with van der Waals surface area (Å²) in [6.07, 6.45) is -1.20. The summed E-state index contributed by atoms with van der Waals surface area (Å²) >= 11 is 1.14. The van der Waals surface area contributed by atoms with Crippen LogP contribution in [0.5, 0.6) is 11.5 Å². The molecule has 0 unspecified atom stereocenters. The number of para-hydroxylation sites is 2. The van der Waals surface area contributed by atoms with Gasteiger partial charge < -0.3 is 19.5 Å². The fourth-order valence-electron chi connectivity index (χ4n) is 2.21. The average Bonchev–Trinajstić information content (AvgIpc) is 3.01. The molecular weight excluding hydrogens is 318 g/mol. The van der Waals surface area contributed by atoms with E-state index in [4.69, 9.17) is 9.47 Å². The molecule has 0 radical (unpaired) electrons. The first-order chi connectivity index (χ1) is 11.1. The SMILES string of the molecule is COC(=O)c1ccc(NC(=O)[C@@H]2Oc3ccccc3O[C@@H]2C)s1. The Morgan fingerprint density at radius 2 is 1.83 bits per heavy atom. The maximum Gasteiger partial charge on any atom is 0.348 e. The lowest BCUT2D eigenvalue weighted by molar-refractivity contribution is -0.127.